The summed E-state index contributed by atoms with van der Waals surface area (Å²) in [5, 5.41) is 13.1. The van der Waals surface area contributed by atoms with Crippen molar-refractivity contribution in [2.45, 2.75) is 68.2 Å². The minimum absolute atomic E-state index is 0. The molecule has 0 amide bonds. The summed E-state index contributed by atoms with van der Waals surface area (Å²) >= 11 is 4.14. The van der Waals surface area contributed by atoms with Gasteiger partial charge >= 0.3 is 18.9 Å². The quantitative estimate of drug-likeness (QED) is 0.650. The molecule has 0 spiro atoms. The van der Waals surface area contributed by atoms with Gasteiger partial charge in [0.2, 0.25) is 0 Å². The second-order valence-corrected chi connectivity index (χ2v) is 17.9. The summed E-state index contributed by atoms with van der Waals surface area (Å²) in [6.45, 7) is 12.9. The first kappa shape index (κ1) is 24.7. The zero-order valence-electron chi connectivity index (χ0n) is 17.3. The number of rotatable bonds is 7. The van der Waals surface area contributed by atoms with E-state index in [1.54, 1.807) is 0 Å². The van der Waals surface area contributed by atoms with Crippen LogP contribution in [0, 0.1) is 0 Å². The second kappa shape index (κ2) is 10.4. The number of ether oxygens (including phenoxy) is 1. The molecule has 0 radical (unpaired) electrons. The fourth-order valence-electron chi connectivity index (χ4n) is 3.12. The SMILES string of the molecule is CC(C)(C)[Si](C)(C)C1(C[C@H]([O-])COCc2ccccc2)SCCCS1.[Li+]. The van der Waals surface area contributed by atoms with Gasteiger partial charge in [0.05, 0.1) is 18.4 Å². The van der Waals surface area contributed by atoms with Crippen LogP contribution in [0.15, 0.2) is 30.3 Å². The molecule has 1 fully saturated rings. The van der Waals surface area contributed by atoms with Crippen LogP contribution in [0.1, 0.15) is 39.2 Å². The first-order chi connectivity index (χ1) is 11.7. The van der Waals surface area contributed by atoms with E-state index in [4.69, 9.17) is 4.74 Å². The van der Waals surface area contributed by atoms with Gasteiger partial charge in [-0.25, -0.2) is 0 Å². The molecule has 0 N–H and O–H groups in total. The van der Waals surface area contributed by atoms with Gasteiger partial charge in [0.15, 0.2) is 0 Å². The Morgan fingerprint density at radius 2 is 1.73 bits per heavy atom. The topological polar surface area (TPSA) is 32.3 Å². The Balaban J connectivity index is 0.00000338. The predicted octanol–water partition coefficient (Wildman–Crippen LogP) is 1.94. The van der Waals surface area contributed by atoms with Gasteiger partial charge in [-0.2, -0.15) is 0 Å². The number of hydrogen-bond donors (Lipinski definition) is 0. The molecule has 1 saturated heterocycles. The Kier molecular flexibility index (Phi) is 9.91. The molecule has 0 aliphatic carbocycles. The zero-order valence-corrected chi connectivity index (χ0v) is 20.0. The molecular weight excluding hydrogens is 371 g/mol. The molecule has 2 nitrogen and oxygen atoms in total. The van der Waals surface area contributed by atoms with E-state index >= 15 is 0 Å². The van der Waals surface area contributed by atoms with E-state index in [0.29, 0.717) is 13.2 Å². The van der Waals surface area contributed by atoms with Crippen LogP contribution >= 0.6 is 23.5 Å². The van der Waals surface area contributed by atoms with Gasteiger partial charge in [0.25, 0.3) is 0 Å². The van der Waals surface area contributed by atoms with E-state index in [0.717, 1.165) is 12.0 Å². The fourth-order valence-corrected chi connectivity index (χ4v) is 13.2. The molecule has 0 saturated carbocycles. The summed E-state index contributed by atoms with van der Waals surface area (Å²) in [5.74, 6) is 2.38. The summed E-state index contributed by atoms with van der Waals surface area (Å²) in [5.41, 5.74) is 1.13. The monoisotopic (exact) mass is 404 g/mol. The maximum Gasteiger partial charge on any atom is 1.00 e. The molecule has 1 aliphatic heterocycles. The Hall–Kier alpha value is 0.654. The molecule has 0 unspecified atom stereocenters. The molecule has 1 aromatic carbocycles. The summed E-state index contributed by atoms with van der Waals surface area (Å²) in [4.78, 5) is 0. The van der Waals surface area contributed by atoms with Crippen LogP contribution in [0.4, 0.5) is 0 Å². The van der Waals surface area contributed by atoms with E-state index in [1.165, 1.54) is 17.9 Å². The fraction of sp³-hybridized carbons (Fsp3) is 0.700. The van der Waals surface area contributed by atoms with Crippen molar-refractivity contribution in [3.63, 3.8) is 0 Å². The molecule has 2 rings (SSSR count). The van der Waals surface area contributed by atoms with Crippen LogP contribution in [-0.2, 0) is 11.3 Å². The molecule has 1 heterocycles. The average molecular weight is 405 g/mol. The van der Waals surface area contributed by atoms with Gasteiger partial charge in [-0.15, -0.1) is 29.6 Å². The van der Waals surface area contributed by atoms with Gasteiger partial charge in [-0.3, -0.25) is 0 Å². The summed E-state index contributed by atoms with van der Waals surface area (Å²) in [6.07, 6.45) is 1.35. The van der Waals surface area contributed by atoms with Gasteiger partial charge < -0.3 is 9.84 Å². The van der Waals surface area contributed by atoms with Gasteiger partial charge in [-0.1, -0.05) is 64.2 Å². The van der Waals surface area contributed by atoms with E-state index < -0.39 is 14.2 Å². The molecule has 0 aromatic heterocycles. The number of thioether (sulfide) groups is 2. The molecule has 1 aromatic rings. The third-order valence-corrected chi connectivity index (χ3v) is 18.4. The smallest absolute Gasteiger partial charge is 0.850 e. The molecule has 1 atom stereocenters. The van der Waals surface area contributed by atoms with Gasteiger partial charge in [0.1, 0.15) is 0 Å². The minimum atomic E-state index is -1.65. The van der Waals surface area contributed by atoms with Crippen molar-refractivity contribution in [3.05, 3.63) is 35.9 Å². The molecule has 142 valence electrons. The van der Waals surface area contributed by atoms with E-state index in [1.807, 2.05) is 30.3 Å². The van der Waals surface area contributed by atoms with E-state index in [9.17, 15) is 5.11 Å². The summed E-state index contributed by atoms with van der Waals surface area (Å²) in [6, 6.07) is 10.1. The number of hydrogen-bond acceptors (Lipinski definition) is 4. The van der Waals surface area contributed by atoms with Crippen LogP contribution in [0.3, 0.4) is 0 Å². The van der Waals surface area contributed by atoms with Crippen LogP contribution in [0.2, 0.25) is 18.1 Å². The minimum Gasteiger partial charge on any atom is -0.850 e. The maximum absolute atomic E-state index is 12.8. The molecule has 1 aliphatic rings. The second-order valence-electron chi connectivity index (χ2n) is 8.51. The van der Waals surface area contributed by atoms with Gasteiger partial charge in [-0.05, 0) is 34.9 Å². The van der Waals surface area contributed by atoms with Crippen molar-refractivity contribution in [2.24, 2.45) is 0 Å². The van der Waals surface area contributed by atoms with Crippen LogP contribution < -0.4 is 24.0 Å². The van der Waals surface area contributed by atoms with E-state index in [2.05, 4.69) is 57.4 Å². The average Bonchev–Trinajstić information content (AvgIpc) is 2.55. The normalized spacial score (nSPS) is 18.8. The Bertz CT molecular complexity index is 528. The van der Waals surface area contributed by atoms with Crippen molar-refractivity contribution in [2.75, 3.05) is 18.1 Å². The standard InChI is InChI=1S/C20H33O2S2Si.Li/c1-19(2,3)25(4,5)20(23-12-9-13-24-20)14-18(21)16-22-15-17-10-7-6-8-11-17;/h6-8,10-11,18H,9,12-16H2,1-5H3;/q-1;+1/t18-;/m0./s1. The van der Waals surface area contributed by atoms with E-state index in [-0.39, 0.29) is 27.6 Å². The van der Waals surface area contributed by atoms with Crippen LogP contribution in [0.5, 0.6) is 0 Å². The Morgan fingerprint density at radius 1 is 1.15 bits per heavy atom. The molecule has 6 heteroatoms. The van der Waals surface area contributed by atoms with Crippen LogP contribution in [0.25, 0.3) is 0 Å². The van der Waals surface area contributed by atoms with Crippen molar-refractivity contribution in [3.8, 4) is 0 Å². The molecule has 26 heavy (non-hydrogen) atoms. The third-order valence-electron chi connectivity index (χ3n) is 5.70. The summed E-state index contributed by atoms with van der Waals surface area (Å²) in [7, 11) is -1.65. The Labute approximate surface area is 181 Å². The third kappa shape index (κ3) is 6.07. The molecular formula is C20H33LiO2S2Si. The van der Waals surface area contributed by atoms with Crippen molar-refractivity contribution in [1.29, 1.82) is 0 Å². The predicted molar refractivity (Wildman–Crippen MR) is 114 cm³/mol. The van der Waals surface area contributed by atoms with Crippen LogP contribution in [-0.4, -0.2) is 36.0 Å². The maximum atomic E-state index is 12.8. The first-order valence-corrected chi connectivity index (χ1v) is 14.2. The van der Waals surface area contributed by atoms with Crippen molar-refractivity contribution in [1.82, 2.24) is 0 Å². The summed E-state index contributed by atoms with van der Waals surface area (Å²) < 4.78 is 5.87. The number of benzene rings is 1. The zero-order chi connectivity index (χ0) is 18.6. The molecule has 0 bridgehead atoms. The largest absolute Gasteiger partial charge is 1.00 e. The van der Waals surface area contributed by atoms with Crippen molar-refractivity contribution < 1.29 is 28.7 Å². The van der Waals surface area contributed by atoms with Gasteiger partial charge in [0, 0.05) is 6.61 Å². The first-order valence-electron chi connectivity index (χ1n) is 9.23. The Morgan fingerprint density at radius 3 is 2.27 bits per heavy atom. The van der Waals surface area contributed by atoms with Crippen molar-refractivity contribution >= 4 is 31.6 Å².